The molecule has 1 aromatic rings. The van der Waals surface area contributed by atoms with Crippen LogP contribution in [0.1, 0.15) is 13.3 Å². The lowest BCUT2D eigenvalue weighted by atomic mass is 9.84. The number of benzene rings is 1. The number of ether oxygens (including phenoxy) is 4. The van der Waals surface area contributed by atoms with Crippen LogP contribution in [0.25, 0.3) is 31.3 Å². The van der Waals surface area contributed by atoms with Crippen molar-refractivity contribution in [2.24, 2.45) is 15.3 Å². The summed E-state index contributed by atoms with van der Waals surface area (Å²) in [4.78, 5) is 7.85. The van der Waals surface area contributed by atoms with Crippen LogP contribution in [0.5, 0.6) is 0 Å². The molecule has 2 heterocycles. The van der Waals surface area contributed by atoms with Crippen molar-refractivity contribution in [2.75, 3.05) is 6.54 Å². The largest absolute Gasteiger partial charge is 0.391 e. The highest BCUT2D eigenvalue weighted by Gasteiger charge is 2.54. The highest BCUT2D eigenvalue weighted by Crippen LogP contribution is 2.36. The van der Waals surface area contributed by atoms with Crippen molar-refractivity contribution < 1.29 is 58.0 Å². The van der Waals surface area contributed by atoms with Crippen molar-refractivity contribution >= 4 is 10.0 Å². The fourth-order valence-electron chi connectivity index (χ4n) is 5.64. The Morgan fingerprint density at radius 3 is 2.17 bits per heavy atom. The minimum atomic E-state index is -4.29. The normalized spacial score (nSPS) is 39.6. The highest BCUT2D eigenvalue weighted by atomic mass is 32.2. The second-order valence-electron chi connectivity index (χ2n) is 11.1. The van der Waals surface area contributed by atoms with E-state index in [0.29, 0.717) is 0 Å². The first-order chi connectivity index (χ1) is 22.3. The zero-order chi connectivity index (χ0) is 34.5. The predicted molar refractivity (Wildman–Crippen MR) is 154 cm³/mol. The minimum absolute atomic E-state index is 0.161. The van der Waals surface area contributed by atoms with Crippen molar-refractivity contribution in [1.29, 1.82) is 0 Å². The molecule has 7 N–H and O–H groups in total. The number of aliphatic hydroxyl groups is 6. The van der Waals surface area contributed by atoms with Gasteiger partial charge >= 0.3 is 0 Å². The van der Waals surface area contributed by atoms with Gasteiger partial charge in [-0.15, -0.1) is 0 Å². The Morgan fingerprint density at radius 1 is 0.894 bits per heavy atom. The van der Waals surface area contributed by atoms with Gasteiger partial charge in [-0.25, -0.2) is 13.1 Å². The Balaban J connectivity index is 1.72. The molecule has 1 aliphatic carbocycles. The summed E-state index contributed by atoms with van der Waals surface area (Å²) in [5.41, 5.74) is 27.2. The molecule has 5 unspecified atom stereocenters. The van der Waals surface area contributed by atoms with E-state index in [1.807, 2.05) is 0 Å². The monoisotopic (exact) mass is 686 g/mol. The fourth-order valence-corrected chi connectivity index (χ4v) is 6.92. The summed E-state index contributed by atoms with van der Waals surface area (Å²) in [5.74, 6) is 0. The molecule has 22 nitrogen and oxygen atoms in total. The molecular weight excluding hydrogens is 652 g/mol. The van der Waals surface area contributed by atoms with E-state index in [0.717, 1.165) is 0 Å². The molecule has 0 amide bonds. The molecule has 15 atom stereocenters. The first-order valence-electron chi connectivity index (χ1n) is 14.2. The van der Waals surface area contributed by atoms with Crippen LogP contribution < -0.4 is 4.72 Å². The maximum Gasteiger partial charge on any atom is 0.240 e. The van der Waals surface area contributed by atoms with Crippen LogP contribution >= 0.6 is 0 Å². The van der Waals surface area contributed by atoms with Gasteiger partial charge in [-0.3, -0.25) is 0 Å². The van der Waals surface area contributed by atoms with Gasteiger partial charge in [0.15, 0.2) is 12.6 Å². The van der Waals surface area contributed by atoms with Crippen LogP contribution in [0.3, 0.4) is 0 Å². The average Bonchev–Trinajstić information content (AvgIpc) is 3.31. The van der Waals surface area contributed by atoms with Crippen LogP contribution in [-0.2, 0) is 29.0 Å². The van der Waals surface area contributed by atoms with E-state index in [4.69, 9.17) is 30.0 Å². The van der Waals surface area contributed by atoms with Crippen molar-refractivity contribution in [3.05, 3.63) is 61.7 Å². The number of nitrogens with one attached hydrogen (secondary N) is 1. The summed E-state index contributed by atoms with van der Waals surface area (Å²) >= 11 is 0. The van der Waals surface area contributed by atoms with Crippen molar-refractivity contribution in [1.82, 2.24) is 4.72 Å². The van der Waals surface area contributed by atoms with Crippen LogP contribution in [-0.4, -0.2) is 137 Å². The molecule has 4 rings (SSSR count). The standard InChI is InChI=1S/C24H34N10O12S/c1-9(35)20-18(39)17(38)14(30-34-27)23(44-20)45-21-12(29-33-26)7-11(31-47(41,42)10-5-3-2-4-6-10)15(36)22(21)46-24-19(40)16(37)13(43-24)8-28-32-25/h2-6,9,11-24,31,35-40H,7-8H2,1H3/t9-,11-,12?,13-,14?,15?,16+,17-,18+,19?,20?,21-,22-,23-,24+/m1/s1. The van der Waals surface area contributed by atoms with Gasteiger partial charge in [0.25, 0.3) is 0 Å². The molecule has 23 heteroatoms. The Labute approximate surface area is 266 Å². The Kier molecular flexibility index (Phi) is 12.2. The average molecular weight is 687 g/mol. The third kappa shape index (κ3) is 8.04. The maximum absolute atomic E-state index is 13.2. The SMILES string of the molecule is C[C@@H](O)C1O[C@H](O[C@@H]2C(N=[N+]=[N-])C[C@@H](NS(=O)(=O)c3ccccc3)C(O)[C@H]2O[C@@H]2O[C@H](CN=[N+]=[N-])[C@H](O)C2O)C(N=[N+]=[N-])[C@@H](O)[C@@H]1O. The van der Waals surface area contributed by atoms with Gasteiger partial charge in [0.1, 0.15) is 36.6 Å². The highest BCUT2D eigenvalue weighted by molar-refractivity contribution is 7.89. The summed E-state index contributed by atoms with van der Waals surface area (Å²) in [6.07, 6.45) is -20.3. The zero-order valence-electron chi connectivity index (χ0n) is 24.5. The Hall–Kier alpha value is -3.34. The lowest BCUT2D eigenvalue weighted by Gasteiger charge is -2.48. The summed E-state index contributed by atoms with van der Waals surface area (Å²) in [7, 11) is -4.29. The van der Waals surface area contributed by atoms with E-state index in [-0.39, 0.29) is 4.90 Å². The molecule has 2 saturated heterocycles. The Morgan fingerprint density at radius 2 is 1.55 bits per heavy atom. The maximum atomic E-state index is 13.2. The van der Waals surface area contributed by atoms with Gasteiger partial charge in [0.2, 0.25) is 10.0 Å². The van der Waals surface area contributed by atoms with Crippen LogP contribution in [0.2, 0.25) is 0 Å². The summed E-state index contributed by atoms with van der Waals surface area (Å²) in [6, 6.07) is 2.63. The topological polar surface area (TPSA) is 351 Å². The number of hydrogen-bond donors (Lipinski definition) is 7. The van der Waals surface area contributed by atoms with Crippen LogP contribution in [0.4, 0.5) is 0 Å². The smallest absolute Gasteiger partial charge is 0.240 e. The number of nitrogens with zero attached hydrogens (tertiary/aromatic N) is 9. The molecule has 0 spiro atoms. The van der Waals surface area contributed by atoms with E-state index in [9.17, 15) is 44.6 Å². The lowest BCUT2D eigenvalue weighted by molar-refractivity contribution is -0.315. The molecular formula is C24H34N10O12S. The number of rotatable bonds is 12. The second kappa shape index (κ2) is 15.7. The molecule has 1 aromatic carbocycles. The predicted octanol–water partition coefficient (Wildman–Crippen LogP) is -1.19. The van der Waals surface area contributed by atoms with E-state index >= 15 is 0 Å². The molecule has 0 radical (unpaired) electrons. The van der Waals surface area contributed by atoms with E-state index in [1.165, 1.54) is 31.2 Å². The van der Waals surface area contributed by atoms with Gasteiger partial charge in [-0.1, -0.05) is 33.5 Å². The van der Waals surface area contributed by atoms with Gasteiger partial charge in [0.05, 0.1) is 54.0 Å². The molecule has 3 fully saturated rings. The van der Waals surface area contributed by atoms with Gasteiger partial charge in [-0.2, -0.15) is 0 Å². The number of hydrogen-bond acceptors (Lipinski definition) is 15. The van der Waals surface area contributed by atoms with E-state index in [2.05, 4.69) is 34.8 Å². The lowest BCUT2D eigenvalue weighted by Crippen LogP contribution is -2.66. The molecule has 2 aliphatic heterocycles. The molecule has 0 bridgehead atoms. The molecule has 47 heavy (non-hydrogen) atoms. The van der Waals surface area contributed by atoms with Crippen molar-refractivity contribution in [2.45, 2.75) is 110 Å². The van der Waals surface area contributed by atoms with Crippen molar-refractivity contribution in [3.8, 4) is 0 Å². The summed E-state index contributed by atoms with van der Waals surface area (Å²) in [5, 5.41) is 74.4. The van der Waals surface area contributed by atoms with E-state index in [1.54, 1.807) is 6.07 Å². The molecule has 1 saturated carbocycles. The van der Waals surface area contributed by atoms with Crippen LogP contribution in [0, 0.1) is 0 Å². The fraction of sp³-hybridized carbons (Fsp3) is 0.750. The van der Waals surface area contributed by atoms with E-state index < -0.39 is 115 Å². The van der Waals surface area contributed by atoms with Crippen LogP contribution in [0.15, 0.2) is 50.6 Å². The third-order valence-corrected chi connectivity index (χ3v) is 9.51. The third-order valence-electron chi connectivity index (χ3n) is 8.00. The summed E-state index contributed by atoms with van der Waals surface area (Å²) < 4.78 is 51.8. The number of aliphatic hydroxyl groups excluding tert-OH is 6. The first-order valence-corrected chi connectivity index (χ1v) is 15.7. The summed E-state index contributed by atoms with van der Waals surface area (Å²) in [6.45, 7) is 0.818. The van der Waals surface area contributed by atoms with Gasteiger partial charge < -0.3 is 49.6 Å². The first kappa shape index (κ1) is 36.5. The van der Waals surface area contributed by atoms with Gasteiger partial charge in [-0.05, 0) is 42.1 Å². The molecule has 258 valence electrons. The number of sulfonamides is 1. The zero-order valence-corrected chi connectivity index (χ0v) is 25.3. The van der Waals surface area contributed by atoms with Gasteiger partial charge in [0, 0.05) is 14.7 Å². The number of azide groups is 3. The quantitative estimate of drug-likeness (QED) is 0.0775. The minimum Gasteiger partial charge on any atom is -0.391 e. The molecule has 3 aliphatic rings. The van der Waals surface area contributed by atoms with Crippen molar-refractivity contribution in [3.63, 3.8) is 0 Å². The second-order valence-corrected chi connectivity index (χ2v) is 12.8. The molecule has 0 aromatic heterocycles. The Bertz CT molecular complexity index is 1480.